The van der Waals surface area contributed by atoms with E-state index in [9.17, 15) is 9.59 Å². The average molecular weight is 306 g/mol. The van der Waals surface area contributed by atoms with E-state index in [1.807, 2.05) is 6.07 Å². The second kappa shape index (κ2) is 6.33. The van der Waals surface area contributed by atoms with E-state index in [-0.39, 0.29) is 31.1 Å². The number of amides is 2. The van der Waals surface area contributed by atoms with Crippen molar-refractivity contribution in [2.24, 2.45) is 5.92 Å². The smallest absolute Gasteiger partial charge is 0.262 e. The molecule has 0 radical (unpaired) electrons. The Morgan fingerprint density at radius 1 is 1.41 bits per heavy atom. The molecule has 0 bridgehead atoms. The van der Waals surface area contributed by atoms with Gasteiger partial charge in [0.2, 0.25) is 5.91 Å². The average Bonchev–Trinajstić information content (AvgIpc) is 2.87. The summed E-state index contributed by atoms with van der Waals surface area (Å²) in [5, 5.41) is 2.75. The van der Waals surface area contributed by atoms with Gasteiger partial charge in [-0.1, -0.05) is 0 Å². The molecular formula is C15H18N2O5. The molecule has 1 saturated heterocycles. The fourth-order valence-electron chi connectivity index (χ4n) is 2.68. The van der Waals surface area contributed by atoms with Crippen LogP contribution in [0.2, 0.25) is 0 Å². The summed E-state index contributed by atoms with van der Waals surface area (Å²) in [4.78, 5) is 25.3. The van der Waals surface area contributed by atoms with E-state index in [4.69, 9.17) is 14.2 Å². The first-order chi connectivity index (χ1) is 10.7. The zero-order chi connectivity index (χ0) is 15.5. The van der Waals surface area contributed by atoms with Crippen molar-refractivity contribution in [1.29, 1.82) is 0 Å². The lowest BCUT2D eigenvalue weighted by Crippen LogP contribution is -2.27. The molecule has 0 spiro atoms. The Morgan fingerprint density at radius 3 is 3.09 bits per heavy atom. The second-order valence-corrected chi connectivity index (χ2v) is 5.37. The number of fused-ring (bicyclic) bond motifs is 1. The fraction of sp³-hybridized carbons (Fsp3) is 0.467. The Balaban J connectivity index is 1.70. The standard InChI is InChI=1S/C15H18N2O5/c1-20-9-21-7-10-4-15(19)17(6-10)11-2-3-13-12(5-11)16-14(18)8-22-13/h2-3,5,10H,4,6-9H2,1H3,(H,16,18)/t10-/m0/s1. The zero-order valence-corrected chi connectivity index (χ0v) is 12.3. The highest BCUT2D eigenvalue weighted by atomic mass is 16.7. The van der Waals surface area contributed by atoms with Crippen molar-refractivity contribution < 1.29 is 23.8 Å². The van der Waals surface area contributed by atoms with E-state index in [1.165, 1.54) is 0 Å². The van der Waals surface area contributed by atoms with Crippen molar-refractivity contribution in [2.45, 2.75) is 6.42 Å². The monoisotopic (exact) mass is 306 g/mol. The van der Waals surface area contributed by atoms with Gasteiger partial charge in [-0.25, -0.2) is 0 Å². The van der Waals surface area contributed by atoms with Crippen LogP contribution in [0.3, 0.4) is 0 Å². The Kier molecular flexibility index (Phi) is 4.26. The van der Waals surface area contributed by atoms with Crippen molar-refractivity contribution in [3.63, 3.8) is 0 Å². The molecule has 2 aliphatic heterocycles. The van der Waals surface area contributed by atoms with Crippen LogP contribution in [0.5, 0.6) is 5.75 Å². The maximum absolute atomic E-state index is 12.2. The number of hydrogen-bond acceptors (Lipinski definition) is 5. The number of nitrogens with zero attached hydrogens (tertiary/aromatic N) is 1. The van der Waals surface area contributed by atoms with E-state index < -0.39 is 0 Å². The van der Waals surface area contributed by atoms with Gasteiger partial charge >= 0.3 is 0 Å². The first-order valence-electron chi connectivity index (χ1n) is 7.11. The van der Waals surface area contributed by atoms with Crippen LogP contribution in [0.1, 0.15) is 6.42 Å². The van der Waals surface area contributed by atoms with Crippen LogP contribution < -0.4 is 15.0 Å². The molecule has 1 atom stereocenters. The molecule has 1 fully saturated rings. The molecule has 1 N–H and O–H groups in total. The van der Waals surface area contributed by atoms with Crippen molar-refractivity contribution in [1.82, 2.24) is 0 Å². The number of anilines is 2. The Bertz CT molecular complexity index is 589. The molecule has 3 rings (SSSR count). The van der Waals surface area contributed by atoms with Crippen LogP contribution in [0.15, 0.2) is 18.2 Å². The van der Waals surface area contributed by atoms with Crippen LogP contribution in [0.4, 0.5) is 11.4 Å². The van der Waals surface area contributed by atoms with E-state index >= 15 is 0 Å². The fourth-order valence-corrected chi connectivity index (χ4v) is 2.68. The van der Waals surface area contributed by atoms with Gasteiger partial charge in [0.1, 0.15) is 12.5 Å². The minimum atomic E-state index is -0.191. The SMILES string of the molecule is COCOC[C@H]1CC(=O)N(c2ccc3c(c2)NC(=O)CO3)C1. The number of carbonyl (C=O) groups excluding carboxylic acids is 2. The van der Waals surface area contributed by atoms with Crippen LogP contribution in [0.25, 0.3) is 0 Å². The zero-order valence-electron chi connectivity index (χ0n) is 12.3. The molecule has 1 aromatic carbocycles. The number of methoxy groups -OCH3 is 1. The number of benzene rings is 1. The summed E-state index contributed by atoms with van der Waals surface area (Å²) in [6.07, 6.45) is 0.448. The summed E-state index contributed by atoms with van der Waals surface area (Å²) < 4.78 is 15.5. The van der Waals surface area contributed by atoms with E-state index in [1.54, 1.807) is 24.1 Å². The van der Waals surface area contributed by atoms with Gasteiger partial charge < -0.3 is 24.4 Å². The van der Waals surface area contributed by atoms with Crippen molar-refractivity contribution >= 4 is 23.2 Å². The third-order valence-electron chi connectivity index (χ3n) is 3.67. The Hall–Kier alpha value is -2.12. The van der Waals surface area contributed by atoms with Crippen LogP contribution in [-0.2, 0) is 19.1 Å². The summed E-state index contributed by atoms with van der Waals surface area (Å²) in [7, 11) is 1.57. The molecule has 0 unspecified atom stereocenters. The third kappa shape index (κ3) is 3.05. The summed E-state index contributed by atoms with van der Waals surface area (Å²) in [6, 6.07) is 5.36. The molecule has 2 amide bonds. The molecule has 1 aromatic rings. The second-order valence-electron chi connectivity index (χ2n) is 5.37. The van der Waals surface area contributed by atoms with Crippen molar-refractivity contribution in [2.75, 3.05) is 43.9 Å². The summed E-state index contributed by atoms with van der Waals surface area (Å²) >= 11 is 0. The predicted octanol–water partition coefficient (Wildman–Crippen LogP) is 0.991. The van der Waals surface area contributed by atoms with Gasteiger partial charge in [0.15, 0.2) is 6.61 Å². The molecule has 118 valence electrons. The lowest BCUT2D eigenvalue weighted by molar-refractivity contribution is -0.119. The lowest BCUT2D eigenvalue weighted by Gasteiger charge is -2.22. The number of hydrogen-bond donors (Lipinski definition) is 1. The summed E-state index contributed by atoms with van der Waals surface area (Å²) in [5.41, 5.74) is 1.35. The number of nitrogens with one attached hydrogen (secondary N) is 1. The van der Waals surface area contributed by atoms with Gasteiger partial charge in [-0.15, -0.1) is 0 Å². The number of rotatable bonds is 5. The molecule has 0 saturated carbocycles. The van der Waals surface area contributed by atoms with Gasteiger partial charge in [0.05, 0.1) is 12.3 Å². The van der Waals surface area contributed by atoms with E-state index in [2.05, 4.69) is 5.32 Å². The topological polar surface area (TPSA) is 77.1 Å². The first kappa shape index (κ1) is 14.8. The van der Waals surface area contributed by atoms with Gasteiger partial charge in [-0.3, -0.25) is 9.59 Å². The largest absolute Gasteiger partial charge is 0.482 e. The van der Waals surface area contributed by atoms with Crippen LogP contribution in [-0.4, -0.2) is 45.5 Å². The maximum atomic E-state index is 12.2. The minimum absolute atomic E-state index is 0.0217. The highest BCUT2D eigenvalue weighted by Gasteiger charge is 2.31. The highest BCUT2D eigenvalue weighted by Crippen LogP contribution is 2.34. The first-order valence-corrected chi connectivity index (χ1v) is 7.11. The minimum Gasteiger partial charge on any atom is -0.482 e. The van der Waals surface area contributed by atoms with Crippen molar-refractivity contribution in [3.8, 4) is 5.75 Å². The highest BCUT2D eigenvalue weighted by molar-refractivity contribution is 5.99. The van der Waals surface area contributed by atoms with Gasteiger partial charge in [0.25, 0.3) is 5.91 Å². The van der Waals surface area contributed by atoms with Crippen LogP contribution >= 0.6 is 0 Å². The molecule has 0 aliphatic carbocycles. The molecular weight excluding hydrogens is 288 g/mol. The van der Waals surface area contributed by atoms with Crippen molar-refractivity contribution in [3.05, 3.63) is 18.2 Å². The maximum Gasteiger partial charge on any atom is 0.262 e. The number of ether oxygens (including phenoxy) is 3. The Labute approximate surface area is 128 Å². The van der Waals surface area contributed by atoms with Crippen LogP contribution in [0, 0.1) is 5.92 Å². The normalized spacial score (nSPS) is 20.6. The third-order valence-corrected chi connectivity index (χ3v) is 3.67. The van der Waals surface area contributed by atoms with Gasteiger partial charge in [0, 0.05) is 31.7 Å². The molecule has 22 heavy (non-hydrogen) atoms. The Morgan fingerprint density at radius 2 is 2.27 bits per heavy atom. The van der Waals surface area contributed by atoms with Gasteiger partial charge in [-0.05, 0) is 18.2 Å². The molecule has 2 heterocycles. The lowest BCUT2D eigenvalue weighted by atomic mass is 10.1. The molecule has 7 heteroatoms. The molecule has 2 aliphatic rings. The summed E-state index contributed by atoms with van der Waals surface area (Å²) in [5.74, 6) is 0.622. The molecule has 0 aromatic heterocycles. The predicted molar refractivity (Wildman–Crippen MR) is 78.9 cm³/mol. The summed E-state index contributed by atoms with van der Waals surface area (Å²) in [6.45, 7) is 1.33. The molecule has 7 nitrogen and oxygen atoms in total. The quantitative estimate of drug-likeness (QED) is 0.648. The number of carbonyl (C=O) groups is 2. The van der Waals surface area contributed by atoms with E-state index in [0.29, 0.717) is 31.0 Å². The van der Waals surface area contributed by atoms with Gasteiger partial charge in [-0.2, -0.15) is 0 Å². The van der Waals surface area contributed by atoms with E-state index in [0.717, 1.165) is 5.69 Å².